The van der Waals surface area contributed by atoms with Gasteiger partial charge in [-0.05, 0) is 71.8 Å². The maximum atomic E-state index is 12.4. The molecule has 144 valence electrons. The average molecular weight is 452 g/mol. The molecule has 0 saturated carbocycles. The zero-order chi connectivity index (χ0) is 19.4. The molecule has 0 bridgehead atoms. The molecular formula is C20H22BrNO4S. The van der Waals surface area contributed by atoms with Crippen LogP contribution in [0.2, 0.25) is 0 Å². The molecule has 0 unspecified atom stereocenters. The first-order valence-corrected chi connectivity index (χ1v) is 10.7. The maximum Gasteiger partial charge on any atom is 0.341 e. The Morgan fingerprint density at radius 3 is 2.78 bits per heavy atom. The van der Waals surface area contributed by atoms with Gasteiger partial charge in [0, 0.05) is 4.88 Å². The third-order valence-electron chi connectivity index (χ3n) is 4.42. The van der Waals surface area contributed by atoms with Crippen LogP contribution in [-0.4, -0.2) is 25.1 Å². The summed E-state index contributed by atoms with van der Waals surface area (Å²) in [5.74, 6) is -0.0559. The fraction of sp³-hybridized carbons (Fsp3) is 0.400. The maximum absolute atomic E-state index is 12.4. The van der Waals surface area contributed by atoms with Crippen molar-refractivity contribution in [3.63, 3.8) is 0 Å². The number of esters is 1. The predicted octanol–water partition coefficient (Wildman–Crippen LogP) is 4.76. The number of anilines is 1. The zero-order valence-electron chi connectivity index (χ0n) is 15.4. The summed E-state index contributed by atoms with van der Waals surface area (Å²) in [5, 5.41) is 3.39. The summed E-state index contributed by atoms with van der Waals surface area (Å²) in [5.41, 5.74) is 2.72. The molecule has 1 amide bonds. The van der Waals surface area contributed by atoms with Gasteiger partial charge in [0.2, 0.25) is 0 Å². The van der Waals surface area contributed by atoms with Crippen LogP contribution in [0.4, 0.5) is 5.00 Å². The number of ether oxygens (including phenoxy) is 2. The number of amides is 1. The fourth-order valence-corrected chi connectivity index (χ4v) is 4.93. The van der Waals surface area contributed by atoms with Crippen LogP contribution < -0.4 is 10.1 Å². The molecule has 0 fully saturated rings. The van der Waals surface area contributed by atoms with Crippen molar-refractivity contribution in [1.82, 2.24) is 0 Å². The minimum absolute atomic E-state index is 0.130. The number of thiophene rings is 1. The van der Waals surface area contributed by atoms with E-state index in [1.54, 1.807) is 6.92 Å². The molecule has 7 heteroatoms. The van der Waals surface area contributed by atoms with Crippen LogP contribution in [0.3, 0.4) is 0 Å². The number of nitrogens with one attached hydrogen (secondary N) is 1. The molecule has 1 aliphatic carbocycles. The van der Waals surface area contributed by atoms with E-state index in [0.717, 1.165) is 40.6 Å². The number of benzene rings is 1. The normalized spacial score (nSPS) is 12.6. The Bertz CT molecular complexity index is 862. The van der Waals surface area contributed by atoms with Crippen LogP contribution in [0.5, 0.6) is 5.75 Å². The lowest BCUT2D eigenvalue weighted by molar-refractivity contribution is -0.118. The van der Waals surface area contributed by atoms with E-state index in [9.17, 15) is 9.59 Å². The Hall–Kier alpha value is -1.86. The van der Waals surface area contributed by atoms with Gasteiger partial charge in [-0.25, -0.2) is 4.79 Å². The Morgan fingerprint density at radius 1 is 1.26 bits per heavy atom. The van der Waals surface area contributed by atoms with Crippen molar-refractivity contribution in [2.75, 3.05) is 18.5 Å². The Balaban J connectivity index is 1.68. The van der Waals surface area contributed by atoms with E-state index in [4.69, 9.17) is 9.47 Å². The van der Waals surface area contributed by atoms with Crippen molar-refractivity contribution in [2.45, 2.75) is 39.5 Å². The molecule has 1 aliphatic rings. The van der Waals surface area contributed by atoms with Gasteiger partial charge in [0.1, 0.15) is 10.8 Å². The lowest BCUT2D eigenvalue weighted by Crippen LogP contribution is -2.21. The highest BCUT2D eigenvalue weighted by Crippen LogP contribution is 2.39. The van der Waals surface area contributed by atoms with E-state index in [1.807, 2.05) is 18.2 Å². The summed E-state index contributed by atoms with van der Waals surface area (Å²) in [6.45, 7) is 4.03. The van der Waals surface area contributed by atoms with Crippen molar-refractivity contribution < 1.29 is 19.1 Å². The number of carbonyl (C=O) groups excluding carboxylic acids is 2. The molecule has 1 N–H and O–H groups in total. The highest BCUT2D eigenvalue weighted by atomic mass is 79.9. The first-order chi connectivity index (χ1) is 13.0. The molecule has 0 atom stereocenters. The monoisotopic (exact) mass is 451 g/mol. The summed E-state index contributed by atoms with van der Waals surface area (Å²) < 4.78 is 11.6. The van der Waals surface area contributed by atoms with Crippen LogP contribution in [0, 0.1) is 0 Å². The predicted molar refractivity (Wildman–Crippen MR) is 110 cm³/mol. The van der Waals surface area contributed by atoms with E-state index < -0.39 is 0 Å². The van der Waals surface area contributed by atoms with Gasteiger partial charge in [-0.3, -0.25) is 4.79 Å². The molecule has 1 heterocycles. The van der Waals surface area contributed by atoms with Crippen LogP contribution in [0.25, 0.3) is 0 Å². The molecule has 27 heavy (non-hydrogen) atoms. The number of hydrogen-bond donors (Lipinski definition) is 1. The Labute approximate surface area is 171 Å². The standard InChI is InChI=1S/C20H22BrNO4S/c1-3-12-8-9-15(14(21)10-12)26-11-17(23)22-19-18(20(24)25-4-2)13-6-5-7-16(13)27-19/h8-10H,3-7,11H2,1-2H3,(H,22,23). The minimum atomic E-state index is -0.369. The highest BCUT2D eigenvalue weighted by Gasteiger charge is 2.28. The molecule has 0 saturated heterocycles. The van der Waals surface area contributed by atoms with E-state index in [-0.39, 0.29) is 18.5 Å². The number of fused-ring (bicyclic) bond motifs is 1. The van der Waals surface area contributed by atoms with Gasteiger partial charge in [0.15, 0.2) is 6.61 Å². The quantitative estimate of drug-likeness (QED) is 0.616. The largest absolute Gasteiger partial charge is 0.483 e. The number of hydrogen-bond acceptors (Lipinski definition) is 5. The van der Waals surface area contributed by atoms with E-state index in [2.05, 4.69) is 28.2 Å². The van der Waals surface area contributed by atoms with Gasteiger partial charge in [-0.1, -0.05) is 13.0 Å². The third-order valence-corrected chi connectivity index (χ3v) is 6.24. The molecule has 3 rings (SSSR count). The highest BCUT2D eigenvalue weighted by molar-refractivity contribution is 9.10. The lowest BCUT2D eigenvalue weighted by atomic mass is 10.1. The molecule has 1 aromatic carbocycles. The first-order valence-electron chi connectivity index (χ1n) is 9.06. The summed E-state index contributed by atoms with van der Waals surface area (Å²) in [7, 11) is 0. The lowest BCUT2D eigenvalue weighted by Gasteiger charge is -2.10. The van der Waals surface area contributed by atoms with Gasteiger partial charge >= 0.3 is 5.97 Å². The number of halogens is 1. The SMILES string of the molecule is CCOC(=O)c1c(NC(=O)COc2ccc(CC)cc2Br)sc2c1CCC2. The Kier molecular flexibility index (Phi) is 6.55. The van der Waals surface area contributed by atoms with Crippen molar-refractivity contribution in [1.29, 1.82) is 0 Å². The average Bonchev–Trinajstić information content (AvgIpc) is 3.21. The van der Waals surface area contributed by atoms with Crippen molar-refractivity contribution >= 4 is 44.1 Å². The number of rotatable bonds is 7. The van der Waals surface area contributed by atoms with E-state index in [1.165, 1.54) is 16.9 Å². The second kappa shape index (κ2) is 8.89. The molecule has 1 aromatic heterocycles. The minimum Gasteiger partial charge on any atom is -0.483 e. The van der Waals surface area contributed by atoms with Crippen LogP contribution >= 0.6 is 27.3 Å². The zero-order valence-corrected chi connectivity index (χ0v) is 17.8. The van der Waals surface area contributed by atoms with Crippen LogP contribution in [-0.2, 0) is 28.8 Å². The van der Waals surface area contributed by atoms with Crippen LogP contribution in [0.15, 0.2) is 22.7 Å². The van der Waals surface area contributed by atoms with Gasteiger partial charge in [0.25, 0.3) is 5.91 Å². The summed E-state index contributed by atoms with van der Waals surface area (Å²) in [6, 6.07) is 5.80. The van der Waals surface area contributed by atoms with Gasteiger partial charge in [-0.2, -0.15) is 0 Å². The third kappa shape index (κ3) is 4.52. The van der Waals surface area contributed by atoms with Gasteiger partial charge < -0.3 is 14.8 Å². The summed E-state index contributed by atoms with van der Waals surface area (Å²) in [4.78, 5) is 25.9. The molecular weight excluding hydrogens is 430 g/mol. The molecule has 0 spiro atoms. The topological polar surface area (TPSA) is 64.6 Å². The van der Waals surface area contributed by atoms with Gasteiger partial charge in [-0.15, -0.1) is 11.3 Å². The smallest absolute Gasteiger partial charge is 0.341 e. The second-order valence-corrected chi connectivity index (χ2v) is 8.20. The number of carbonyl (C=O) groups is 2. The van der Waals surface area contributed by atoms with Crippen molar-refractivity contribution in [3.05, 3.63) is 44.2 Å². The van der Waals surface area contributed by atoms with Crippen molar-refractivity contribution in [2.24, 2.45) is 0 Å². The summed E-state index contributed by atoms with van der Waals surface area (Å²) in [6.07, 6.45) is 3.75. The molecule has 0 aliphatic heterocycles. The summed E-state index contributed by atoms with van der Waals surface area (Å²) >= 11 is 4.93. The fourth-order valence-electron chi connectivity index (χ4n) is 3.10. The Morgan fingerprint density at radius 2 is 2.07 bits per heavy atom. The first kappa shape index (κ1) is 19.9. The van der Waals surface area contributed by atoms with Gasteiger partial charge in [0.05, 0.1) is 16.6 Å². The molecule has 5 nitrogen and oxygen atoms in total. The van der Waals surface area contributed by atoms with Crippen LogP contribution in [0.1, 0.15) is 46.6 Å². The van der Waals surface area contributed by atoms with E-state index in [0.29, 0.717) is 22.9 Å². The number of aryl methyl sites for hydroxylation is 2. The van der Waals surface area contributed by atoms with Crippen molar-refractivity contribution in [3.8, 4) is 5.75 Å². The molecule has 2 aromatic rings. The van der Waals surface area contributed by atoms with E-state index >= 15 is 0 Å². The molecule has 0 radical (unpaired) electrons. The second-order valence-electron chi connectivity index (χ2n) is 6.24.